The third-order valence-electron chi connectivity index (χ3n) is 2.47. The predicted molar refractivity (Wildman–Crippen MR) is 79.6 cm³/mol. The number of hydrogen-bond acceptors (Lipinski definition) is 5. The molecule has 1 aromatic rings. The molecular weight excluding hydrogens is 300 g/mol. The van der Waals surface area contributed by atoms with Crippen molar-refractivity contribution >= 4 is 33.2 Å². The van der Waals surface area contributed by atoms with Crippen LogP contribution in [0, 0.1) is 0 Å². The SMILES string of the molecule is COC(=O)CCNS(=O)(=O)Cc1ccc(C(N)=S)cc1. The van der Waals surface area contributed by atoms with E-state index in [0.29, 0.717) is 11.1 Å². The maximum Gasteiger partial charge on any atom is 0.306 e. The molecule has 0 saturated carbocycles. The smallest absolute Gasteiger partial charge is 0.306 e. The fourth-order valence-corrected chi connectivity index (χ4v) is 2.73. The Morgan fingerprint density at radius 1 is 1.35 bits per heavy atom. The second-order valence-electron chi connectivity index (χ2n) is 4.04. The van der Waals surface area contributed by atoms with Crippen LogP contribution in [0.2, 0.25) is 0 Å². The molecule has 0 fully saturated rings. The molecule has 0 aliphatic carbocycles. The number of ether oxygens (including phenoxy) is 1. The molecule has 1 rings (SSSR count). The van der Waals surface area contributed by atoms with Crippen molar-refractivity contribution < 1.29 is 17.9 Å². The largest absolute Gasteiger partial charge is 0.469 e. The van der Waals surface area contributed by atoms with Crippen molar-refractivity contribution in [1.29, 1.82) is 0 Å². The first-order valence-electron chi connectivity index (χ1n) is 5.77. The number of carbonyl (C=O) groups excluding carboxylic acids is 1. The van der Waals surface area contributed by atoms with Crippen molar-refractivity contribution in [2.45, 2.75) is 12.2 Å². The van der Waals surface area contributed by atoms with E-state index >= 15 is 0 Å². The number of carbonyl (C=O) groups is 1. The van der Waals surface area contributed by atoms with Crippen LogP contribution < -0.4 is 10.5 Å². The molecule has 0 radical (unpaired) electrons. The van der Waals surface area contributed by atoms with Crippen LogP contribution >= 0.6 is 12.2 Å². The van der Waals surface area contributed by atoms with E-state index in [4.69, 9.17) is 18.0 Å². The minimum Gasteiger partial charge on any atom is -0.469 e. The number of nitrogens with two attached hydrogens (primary N) is 1. The van der Waals surface area contributed by atoms with Crippen LogP contribution in [0.25, 0.3) is 0 Å². The monoisotopic (exact) mass is 316 g/mol. The number of hydrogen-bond donors (Lipinski definition) is 2. The van der Waals surface area contributed by atoms with E-state index in [1.807, 2.05) is 0 Å². The van der Waals surface area contributed by atoms with Gasteiger partial charge in [-0.05, 0) is 5.56 Å². The van der Waals surface area contributed by atoms with Gasteiger partial charge in [0.1, 0.15) is 4.99 Å². The van der Waals surface area contributed by atoms with Gasteiger partial charge in [0, 0.05) is 12.1 Å². The fraction of sp³-hybridized carbons (Fsp3) is 0.333. The molecule has 0 aliphatic heterocycles. The van der Waals surface area contributed by atoms with Gasteiger partial charge in [-0.15, -0.1) is 0 Å². The van der Waals surface area contributed by atoms with Gasteiger partial charge in [0.2, 0.25) is 10.0 Å². The lowest BCUT2D eigenvalue weighted by Crippen LogP contribution is -2.27. The number of nitrogens with one attached hydrogen (secondary N) is 1. The fourth-order valence-electron chi connectivity index (χ4n) is 1.45. The average molecular weight is 316 g/mol. The predicted octanol–water partition coefficient (Wildman–Crippen LogP) is 0.303. The van der Waals surface area contributed by atoms with Crippen molar-refractivity contribution in [3.63, 3.8) is 0 Å². The number of esters is 1. The molecule has 20 heavy (non-hydrogen) atoms. The molecular formula is C12H16N2O4S2. The molecule has 0 unspecified atom stereocenters. The number of sulfonamides is 1. The van der Waals surface area contributed by atoms with Crippen molar-refractivity contribution in [2.24, 2.45) is 5.73 Å². The Morgan fingerprint density at radius 3 is 2.45 bits per heavy atom. The molecule has 3 N–H and O–H groups in total. The Hall–Kier alpha value is -1.51. The van der Waals surface area contributed by atoms with Gasteiger partial charge in [0.25, 0.3) is 0 Å². The third-order valence-corrected chi connectivity index (χ3v) is 4.07. The Labute approximate surface area is 123 Å². The normalized spacial score (nSPS) is 11.1. The van der Waals surface area contributed by atoms with Gasteiger partial charge in [-0.3, -0.25) is 4.79 Å². The molecule has 0 amide bonds. The second-order valence-corrected chi connectivity index (χ2v) is 6.29. The van der Waals surface area contributed by atoms with Crippen molar-refractivity contribution in [2.75, 3.05) is 13.7 Å². The van der Waals surface area contributed by atoms with E-state index in [1.165, 1.54) is 7.11 Å². The Kier molecular flexibility index (Phi) is 6.05. The van der Waals surface area contributed by atoms with Gasteiger partial charge in [0.05, 0.1) is 19.3 Å². The maximum atomic E-state index is 11.8. The summed E-state index contributed by atoms with van der Waals surface area (Å²) in [6.07, 6.45) is -0.00386. The molecule has 0 bridgehead atoms. The highest BCUT2D eigenvalue weighted by Gasteiger charge is 2.12. The van der Waals surface area contributed by atoms with Crippen LogP contribution in [0.15, 0.2) is 24.3 Å². The lowest BCUT2D eigenvalue weighted by Gasteiger charge is -2.07. The molecule has 0 atom stereocenters. The van der Waals surface area contributed by atoms with E-state index in [9.17, 15) is 13.2 Å². The lowest BCUT2D eigenvalue weighted by atomic mass is 10.1. The third kappa shape index (κ3) is 5.64. The van der Waals surface area contributed by atoms with Gasteiger partial charge in [0.15, 0.2) is 0 Å². The summed E-state index contributed by atoms with van der Waals surface area (Å²) in [7, 11) is -2.24. The van der Waals surface area contributed by atoms with Crippen LogP contribution in [0.5, 0.6) is 0 Å². The zero-order valence-electron chi connectivity index (χ0n) is 11.0. The van der Waals surface area contributed by atoms with Crippen LogP contribution in [0.1, 0.15) is 17.5 Å². The second kappa shape index (κ2) is 7.32. The average Bonchev–Trinajstić information content (AvgIpc) is 2.38. The summed E-state index contributed by atoms with van der Waals surface area (Å²) in [4.78, 5) is 11.1. The number of thiocarbonyl (C=S) groups is 1. The molecule has 1 aromatic carbocycles. The first-order chi connectivity index (χ1) is 9.34. The summed E-state index contributed by atoms with van der Waals surface area (Å²) >= 11 is 4.81. The van der Waals surface area contributed by atoms with Gasteiger partial charge in [-0.1, -0.05) is 36.5 Å². The summed E-state index contributed by atoms with van der Waals surface area (Å²) < 4.78 is 30.3. The van der Waals surface area contributed by atoms with Crippen LogP contribution in [0.3, 0.4) is 0 Å². The van der Waals surface area contributed by atoms with Crippen molar-refractivity contribution in [1.82, 2.24) is 4.72 Å². The Morgan fingerprint density at radius 2 is 1.95 bits per heavy atom. The van der Waals surface area contributed by atoms with Crippen LogP contribution in [-0.4, -0.2) is 33.0 Å². The first kappa shape index (κ1) is 16.5. The summed E-state index contributed by atoms with van der Waals surface area (Å²) in [6, 6.07) is 6.63. The molecule has 8 heteroatoms. The minimum absolute atomic E-state index is 0.00386. The van der Waals surface area contributed by atoms with E-state index in [2.05, 4.69) is 9.46 Å². The topological polar surface area (TPSA) is 98.5 Å². The molecule has 0 spiro atoms. The minimum atomic E-state index is -3.49. The molecule has 110 valence electrons. The quantitative estimate of drug-likeness (QED) is 0.555. The molecule has 0 heterocycles. The lowest BCUT2D eigenvalue weighted by molar-refractivity contribution is -0.140. The van der Waals surface area contributed by atoms with E-state index < -0.39 is 16.0 Å². The zero-order chi connectivity index (χ0) is 15.2. The van der Waals surface area contributed by atoms with Crippen molar-refractivity contribution in [3.8, 4) is 0 Å². The molecule has 0 saturated heterocycles. The number of methoxy groups -OCH3 is 1. The van der Waals surface area contributed by atoms with Crippen molar-refractivity contribution in [3.05, 3.63) is 35.4 Å². The summed E-state index contributed by atoms with van der Waals surface area (Å²) in [5, 5.41) is 0. The van der Waals surface area contributed by atoms with Gasteiger partial charge in [-0.25, -0.2) is 13.1 Å². The van der Waals surface area contributed by atoms with E-state index in [1.54, 1.807) is 24.3 Å². The van der Waals surface area contributed by atoms with E-state index in [-0.39, 0.29) is 23.7 Å². The molecule has 0 aromatic heterocycles. The summed E-state index contributed by atoms with van der Waals surface area (Å²) in [5.41, 5.74) is 6.74. The summed E-state index contributed by atoms with van der Waals surface area (Å²) in [6.45, 7) is 0.0139. The van der Waals surface area contributed by atoms with Gasteiger partial charge >= 0.3 is 5.97 Å². The number of rotatable bonds is 7. The zero-order valence-corrected chi connectivity index (χ0v) is 12.6. The Balaban J connectivity index is 2.57. The maximum absolute atomic E-state index is 11.8. The van der Waals surface area contributed by atoms with Gasteiger partial charge in [-0.2, -0.15) is 0 Å². The molecule has 6 nitrogen and oxygen atoms in total. The first-order valence-corrected chi connectivity index (χ1v) is 7.83. The highest BCUT2D eigenvalue weighted by atomic mass is 32.2. The standard InChI is InChI=1S/C12H16N2O4S2/c1-18-11(15)6-7-14-20(16,17)8-9-2-4-10(5-3-9)12(13)19/h2-5,14H,6-8H2,1H3,(H2,13,19). The van der Waals surface area contributed by atoms with Gasteiger partial charge < -0.3 is 10.5 Å². The van der Waals surface area contributed by atoms with Crippen LogP contribution in [0.4, 0.5) is 0 Å². The number of benzene rings is 1. The highest BCUT2D eigenvalue weighted by molar-refractivity contribution is 7.88. The highest BCUT2D eigenvalue weighted by Crippen LogP contribution is 2.08. The Bertz CT molecular complexity index is 582. The molecule has 0 aliphatic rings. The summed E-state index contributed by atoms with van der Waals surface area (Å²) in [5.74, 6) is -0.639. The van der Waals surface area contributed by atoms with Crippen LogP contribution in [-0.2, 0) is 25.3 Å². The van der Waals surface area contributed by atoms with E-state index in [0.717, 1.165) is 0 Å².